The lowest BCUT2D eigenvalue weighted by molar-refractivity contribution is -0.116. The second kappa shape index (κ2) is 8.02. The number of anilines is 1. The maximum absolute atomic E-state index is 12.7. The van der Waals surface area contributed by atoms with E-state index >= 15 is 0 Å². The van der Waals surface area contributed by atoms with Crippen LogP contribution in [0.15, 0.2) is 42.5 Å². The number of amides is 1. The number of hydrogen-bond donors (Lipinski definition) is 1. The third-order valence-electron chi connectivity index (χ3n) is 5.47. The van der Waals surface area contributed by atoms with Crippen LogP contribution in [0.3, 0.4) is 0 Å². The predicted molar refractivity (Wildman–Crippen MR) is 124 cm³/mol. The number of para-hydroxylation sites is 1. The van der Waals surface area contributed by atoms with Crippen LogP contribution >= 0.6 is 11.3 Å². The Labute approximate surface area is 189 Å². The van der Waals surface area contributed by atoms with Gasteiger partial charge in [-0.3, -0.25) is 4.79 Å². The van der Waals surface area contributed by atoms with Crippen molar-refractivity contribution in [1.29, 1.82) is 0 Å². The smallest absolute Gasteiger partial charge is 0.226 e. The van der Waals surface area contributed by atoms with Crippen LogP contribution < -0.4 is 14.8 Å². The number of carbonyl (C=O) groups is 1. The Morgan fingerprint density at radius 1 is 1.28 bits per heavy atom. The average Bonchev–Trinajstić information content (AvgIpc) is 3.38. The first-order chi connectivity index (χ1) is 15.6. The molecule has 0 radical (unpaired) electrons. The Kier molecular flexibility index (Phi) is 5.04. The molecule has 4 aromatic rings. The molecular weight excluding hydrogens is 424 g/mol. The minimum absolute atomic E-state index is 0.0728. The van der Waals surface area contributed by atoms with Gasteiger partial charge in [0.1, 0.15) is 12.4 Å². The third-order valence-corrected chi connectivity index (χ3v) is 6.48. The minimum atomic E-state index is -0.169. The van der Waals surface area contributed by atoms with Crippen LogP contribution in [-0.2, 0) is 4.79 Å². The summed E-state index contributed by atoms with van der Waals surface area (Å²) in [5, 5.41) is 8.47. The fraction of sp³-hybridized carbons (Fsp3) is 0.208. The molecule has 1 amide bonds. The van der Waals surface area contributed by atoms with Crippen molar-refractivity contribution in [2.45, 2.75) is 19.3 Å². The Morgan fingerprint density at radius 2 is 2.12 bits per heavy atom. The van der Waals surface area contributed by atoms with Gasteiger partial charge in [0.2, 0.25) is 11.0 Å². The van der Waals surface area contributed by atoms with Crippen molar-refractivity contribution in [3.05, 3.63) is 59.3 Å². The molecule has 5 rings (SSSR count). The summed E-state index contributed by atoms with van der Waals surface area (Å²) in [5.41, 5.74) is 3.66. The van der Waals surface area contributed by atoms with Crippen molar-refractivity contribution in [3.63, 3.8) is 0 Å². The quantitative estimate of drug-likeness (QED) is 0.465. The van der Waals surface area contributed by atoms with Gasteiger partial charge in [-0.25, -0.2) is 4.98 Å². The summed E-state index contributed by atoms with van der Waals surface area (Å²) in [5.74, 6) is 4.01. The standard InChI is InChI=1S/C24H20N4O3S/c1-4-11-31-18-10-9-15(12-19(18)30-3)16-13-21(29)26-23-22(16)14(2)27-28(23)24-25-17-7-5-6-8-20(17)32-24/h1,5-10,12,16H,11,13H2,2-3H3,(H,26,29)/t16-/m0/s1. The van der Waals surface area contributed by atoms with Crippen molar-refractivity contribution in [3.8, 4) is 29.0 Å². The van der Waals surface area contributed by atoms with E-state index in [1.807, 2.05) is 49.4 Å². The van der Waals surface area contributed by atoms with Crippen molar-refractivity contribution >= 4 is 33.3 Å². The van der Waals surface area contributed by atoms with Gasteiger partial charge in [0.05, 0.1) is 23.0 Å². The van der Waals surface area contributed by atoms with Crippen LogP contribution in [0.25, 0.3) is 15.3 Å². The number of rotatable bonds is 5. The molecule has 160 valence electrons. The summed E-state index contributed by atoms with van der Waals surface area (Å²) in [6.45, 7) is 2.11. The molecule has 3 heterocycles. The molecule has 7 nitrogen and oxygen atoms in total. The first kappa shape index (κ1) is 20.1. The lowest BCUT2D eigenvalue weighted by atomic mass is 9.85. The number of aromatic nitrogens is 3. The fourth-order valence-electron chi connectivity index (χ4n) is 4.06. The van der Waals surface area contributed by atoms with Crippen LogP contribution in [0.4, 0.5) is 5.82 Å². The zero-order valence-electron chi connectivity index (χ0n) is 17.6. The number of methoxy groups -OCH3 is 1. The molecule has 0 saturated heterocycles. The molecule has 2 aromatic heterocycles. The highest BCUT2D eigenvalue weighted by Crippen LogP contribution is 2.43. The number of terminal acetylenes is 1. The van der Waals surface area contributed by atoms with E-state index in [4.69, 9.17) is 26.0 Å². The van der Waals surface area contributed by atoms with Crippen molar-refractivity contribution in [2.24, 2.45) is 0 Å². The predicted octanol–water partition coefficient (Wildman–Crippen LogP) is 4.29. The second-order valence-electron chi connectivity index (χ2n) is 7.43. The van der Waals surface area contributed by atoms with Crippen LogP contribution in [0.2, 0.25) is 0 Å². The van der Waals surface area contributed by atoms with Crippen LogP contribution in [-0.4, -0.2) is 34.4 Å². The number of thiazole rings is 1. The first-order valence-corrected chi connectivity index (χ1v) is 10.9. The molecule has 1 atom stereocenters. The number of nitrogens with zero attached hydrogens (tertiary/aromatic N) is 3. The molecule has 0 unspecified atom stereocenters. The maximum atomic E-state index is 12.7. The van der Waals surface area contributed by atoms with Crippen molar-refractivity contribution in [1.82, 2.24) is 14.8 Å². The monoisotopic (exact) mass is 444 g/mol. The number of hydrogen-bond acceptors (Lipinski definition) is 6. The Bertz CT molecular complexity index is 1350. The maximum Gasteiger partial charge on any atom is 0.226 e. The SMILES string of the molecule is C#CCOc1ccc([C@@H]2CC(=O)Nc3c2c(C)nn3-c2nc3ccccc3s2)cc1OC. The van der Waals surface area contributed by atoms with E-state index in [2.05, 4.69) is 11.2 Å². The zero-order chi connectivity index (χ0) is 22.2. The minimum Gasteiger partial charge on any atom is -0.493 e. The highest BCUT2D eigenvalue weighted by atomic mass is 32.1. The van der Waals surface area contributed by atoms with Crippen LogP contribution in [0, 0.1) is 19.3 Å². The van der Waals surface area contributed by atoms with Crippen molar-refractivity contribution in [2.75, 3.05) is 19.0 Å². The summed E-state index contributed by atoms with van der Waals surface area (Å²) in [7, 11) is 1.58. The van der Waals surface area contributed by atoms with E-state index in [1.54, 1.807) is 11.8 Å². The fourth-order valence-corrected chi connectivity index (χ4v) is 4.98. The number of ether oxygens (including phenoxy) is 2. The number of fused-ring (bicyclic) bond motifs is 2. The molecule has 0 bridgehead atoms. The first-order valence-electron chi connectivity index (χ1n) is 10.1. The Morgan fingerprint density at radius 3 is 2.91 bits per heavy atom. The summed E-state index contributed by atoms with van der Waals surface area (Å²) in [6, 6.07) is 13.6. The summed E-state index contributed by atoms with van der Waals surface area (Å²) < 4.78 is 13.9. The molecule has 0 saturated carbocycles. The van der Waals surface area contributed by atoms with Gasteiger partial charge in [-0.1, -0.05) is 35.5 Å². The number of nitrogens with one attached hydrogen (secondary N) is 1. The average molecular weight is 445 g/mol. The van der Waals surface area contributed by atoms with E-state index < -0.39 is 0 Å². The normalized spacial score (nSPS) is 15.2. The van der Waals surface area contributed by atoms with Crippen molar-refractivity contribution < 1.29 is 14.3 Å². The molecule has 1 aliphatic rings. The molecule has 0 spiro atoms. The van der Waals surface area contributed by atoms with Gasteiger partial charge >= 0.3 is 0 Å². The van der Waals surface area contributed by atoms with E-state index in [1.165, 1.54) is 11.3 Å². The Hall–Kier alpha value is -3.83. The second-order valence-corrected chi connectivity index (χ2v) is 8.44. The largest absolute Gasteiger partial charge is 0.493 e. The highest BCUT2D eigenvalue weighted by molar-refractivity contribution is 7.20. The van der Waals surface area contributed by atoms with E-state index in [0.29, 0.717) is 28.9 Å². The number of carbonyl (C=O) groups excluding carboxylic acids is 1. The molecule has 32 heavy (non-hydrogen) atoms. The Balaban J connectivity index is 1.60. The van der Waals surface area contributed by atoms with Gasteiger partial charge in [-0.2, -0.15) is 9.78 Å². The summed E-state index contributed by atoms with van der Waals surface area (Å²) in [4.78, 5) is 17.4. The topological polar surface area (TPSA) is 78.3 Å². The van der Waals surface area contributed by atoms with Crippen LogP contribution in [0.1, 0.15) is 29.2 Å². The van der Waals surface area contributed by atoms with Gasteiger partial charge in [0.25, 0.3) is 0 Å². The molecule has 1 aliphatic heterocycles. The zero-order valence-corrected chi connectivity index (χ0v) is 18.4. The lowest BCUT2D eigenvalue weighted by Crippen LogP contribution is -2.25. The summed E-state index contributed by atoms with van der Waals surface area (Å²) >= 11 is 1.54. The molecule has 8 heteroatoms. The van der Waals surface area contributed by atoms with Gasteiger partial charge in [0.15, 0.2) is 11.5 Å². The molecule has 0 aliphatic carbocycles. The van der Waals surface area contributed by atoms with Gasteiger partial charge < -0.3 is 14.8 Å². The third kappa shape index (κ3) is 3.37. The molecule has 0 fully saturated rings. The molecular formula is C24H20N4O3S. The molecule has 2 aromatic carbocycles. The highest BCUT2D eigenvalue weighted by Gasteiger charge is 2.33. The number of aryl methyl sites for hydroxylation is 1. The van der Waals surface area contributed by atoms with Crippen LogP contribution in [0.5, 0.6) is 11.5 Å². The van der Waals surface area contributed by atoms with Gasteiger partial charge in [-0.05, 0) is 36.8 Å². The van der Waals surface area contributed by atoms with E-state index in [9.17, 15) is 4.79 Å². The van der Waals surface area contributed by atoms with Gasteiger partial charge in [0, 0.05) is 17.9 Å². The van der Waals surface area contributed by atoms with E-state index in [-0.39, 0.29) is 18.4 Å². The van der Waals surface area contributed by atoms with E-state index in [0.717, 1.165) is 27.0 Å². The number of benzene rings is 2. The van der Waals surface area contributed by atoms with Gasteiger partial charge in [-0.15, -0.1) is 6.42 Å². The lowest BCUT2D eigenvalue weighted by Gasteiger charge is -2.24. The summed E-state index contributed by atoms with van der Waals surface area (Å²) in [6.07, 6.45) is 5.61. The molecule has 1 N–H and O–H groups in total.